The molecule has 2 aliphatic rings. The number of morpholine rings is 1. The molecule has 0 radical (unpaired) electrons. The molecule has 4 rings (SSSR count). The quantitative estimate of drug-likeness (QED) is 0.773. The summed E-state index contributed by atoms with van der Waals surface area (Å²) < 4.78 is 5.32. The topological polar surface area (TPSA) is 86.2 Å². The highest BCUT2D eigenvalue weighted by Crippen LogP contribution is 2.21. The van der Waals surface area contributed by atoms with Crippen LogP contribution in [0, 0.1) is 0 Å². The number of carbonyl (C=O) groups is 2. The number of benzene rings is 1. The number of likely N-dealkylation sites (tertiary alicyclic amines) is 1. The lowest BCUT2D eigenvalue weighted by Crippen LogP contribution is -2.44. The second-order valence-electron chi connectivity index (χ2n) is 8.45. The summed E-state index contributed by atoms with van der Waals surface area (Å²) in [6, 6.07) is 12.1. The Labute approximate surface area is 188 Å². The van der Waals surface area contributed by atoms with Crippen LogP contribution in [0.2, 0.25) is 0 Å². The van der Waals surface area contributed by atoms with Crippen molar-refractivity contribution in [2.75, 3.05) is 46.4 Å². The van der Waals surface area contributed by atoms with Crippen molar-refractivity contribution in [1.29, 1.82) is 0 Å². The van der Waals surface area contributed by atoms with Crippen LogP contribution in [-0.2, 0) is 11.3 Å². The largest absolute Gasteiger partial charge is 0.465 e. The molecular formula is C24H30N4O4. The van der Waals surface area contributed by atoms with Gasteiger partial charge in [-0.05, 0) is 43.7 Å². The van der Waals surface area contributed by atoms with E-state index in [0.717, 1.165) is 36.2 Å². The number of carbonyl (C=O) groups excluding carboxylic acids is 1. The van der Waals surface area contributed by atoms with E-state index in [2.05, 4.69) is 23.0 Å². The zero-order valence-corrected chi connectivity index (χ0v) is 18.4. The van der Waals surface area contributed by atoms with Crippen LogP contribution < -0.4 is 0 Å². The lowest BCUT2D eigenvalue weighted by atomic mass is 10.0. The Kier molecular flexibility index (Phi) is 7.02. The van der Waals surface area contributed by atoms with Gasteiger partial charge in [0.2, 0.25) is 0 Å². The van der Waals surface area contributed by atoms with Gasteiger partial charge in [-0.3, -0.25) is 14.7 Å². The van der Waals surface area contributed by atoms with E-state index in [4.69, 9.17) is 9.84 Å². The molecule has 0 atom stereocenters. The Balaban J connectivity index is 1.33. The summed E-state index contributed by atoms with van der Waals surface area (Å²) in [4.78, 5) is 33.9. The van der Waals surface area contributed by atoms with E-state index in [1.807, 2.05) is 41.4 Å². The van der Waals surface area contributed by atoms with Crippen molar-refractivity contribution in [3.63, 3.8) is 0 Å². The first-order valence-corrected chi connectivity index (χ1v) is 11.1. The first-order chi connectivity index (χ1) is 15.5. The number of hydrogen-bond donors (Lipinski definition) is 1. The molecule has 0 saturated carbocycles. The fourth-order valence-corrected chi connectivity index (χ4v) is 4.34. The van der Waals surface area contributed by atoms with Gasteiger partial charge in [-0.1, -0.05) is 18.2 Å². The van der Waals surface area contributed by atoms with Crippen LogP contribution in [0.5, 0.6) is 0 Å². The minimum atomic E-state index is -0.829. The van der Waals surface area contributed by atoms with Crippen molar-refractivity contribution < 1.29 is 19.4 Å². The van der Waals surface area contributed by atoms with E-state index >= 15 is 0 Å². The molecule has 2 saturated heterocycles. The molecule has 0 bridgehead atoms. The van der Waals surface area contributed by atoms with Crippen molar-refractivity contribution in [1.82, 2.24) is 19.7 Å². The fourth-order valence-electron chi connectivity index (χ4n) is 4.34. The molecule has 2 fully saturated rings. The average Bonchev–Trinajstić information content (AvgIpc) is 2.85. The summed E-state index contributed by atoms with van der Waals surface area (Å²) in [5.41, 5.74) is 3.65. The second-order valence-corrected chi connectivity index (χ2v) is 8.45. The Morgan fingerprint density at radius 1 is 1.03 bits per heavy atom. The Morgan fingerprint density at radius 3 is 2.31 bits per heavy atom. The zero-order chi connectivity index (χ0) is 22.5. The normalized spacial score (nSPS) is 17.6. The average molecular weight is 439 g/mol. The third-order valence-electron chi connectivity index (χ3n) is 6.34. The lowest BCUT2D eigenvalue weighted by molar-refractivity contribution is 0.0303. The van der Waals surface area contributed by atoms with Crippen molar-refractivity contribution in [3.05, 3.63) is 53.7 Å². The predicted octanol–water partition coefficient (Wildman–Crippen LogP) is 2.80. The molecule has 8 nitrogen and oxygen atoms in total. The lowest BCUT2D eigenvalue weighted by Gasteiger charge is -2.35. The van der Waals surface area contributed by atoms with Crippen LogP contribution >= 0.6 is 0 Å². The number of amides is 2. The van der Waals surface area contributed by atoms with E-state index in [-0.39, 0.29) is 5.91 Å². The number of rotatable bonds is 5. The first-order valence-electron chi connectivity index (χ1n) is 11.1. The van der Waals surface area contributed by atoms with E-state index in [9.17, 15) is 9.59 Å². The van der Waals surface area contributed by atoms with Gasteiger partial charge in [-0.25, -0.2) is 4.79 Å². The maximum Gasteiger partial charge on any atom is 0.407 e. The number of pyridine rings is 1. The summed E-state index contributed by atoms with van der Waals surface area (Å²) in [6.07, 6.45) is 2.77. The van der Waals surface area contributed by atoms with E-state index in [1.54, 1.807) is 0 Å². The standard InChI is InChI=1S/C24H30N4O4/c1-26(21-8-10-28(11-9-21)24(30)31)17-18-2-7-22(25-16-18)19-3-5-20(6-4-19)23(29)27-12-14-32-15-13-27/h2-7,16,21H,8-15,17H2,1H3,(H,30,31). The monoisotopic (exact) mass is 438 g/mol. The molecular weight excluding hydrogens is 408 g/mol. The maximum absolute atomic E-state index is 12.6. The zero-order valence-electron chi connectivity index (χ0n) is 18.4. The van der Waals surface area contributed by atoms with E-state index in [1.165, 1.54) is 4.90 Å². The molecule has 2 aromatic rings. The Bertz CT molecular complexity index is 918. The minimum absolute atomic E-state index is 0.0420. The molecule has 170 valence electrons. The van der Waals surface area contributed by atoms with Crippen molar-refractivity contribution in [3.8, 4) is 11.3 Å². The SMILES string of the molecule is CN(Cc1ccc(-c2ccc(C(=O)N3CCOCC3)cc2)nc1)C1CCN(C(=O)O)CC1. The molecule has 8 heteroatoms. The summed E-state index contributed by atoms with van der Waals surface area (Å²) in [5.74, 6) is 0.0420. The minimum Gasteiger partial charge on any atom is -0.465 e. The van der Waals surface area contributed by atoms with Crippen molar-refractivity contribution in [2.45, 2.75) is 25.4 Å². The molecule has 2 aliphatic heterocycles. The van der Waals surface area contributed by atoms with Crippen LogP contribution in [0.15, 0.2) is 42.6 Å². The van der Waals surface area contributed by atoms with Gasteiger partial charge < -0.3 is 19.6 Å². The summed E-state index contributed by atoms with van der Waals surface area (Å²) in [6.45, 7) is 4.41. The Hall–Kier alpha value is -2.97. The summed E-state index contributed by atoms with van der Waals surface area (Å²) >= 11 is 0. The van der Waals surface area contributed by atoms with Gasteiger partial charge in [0.05, 0.1) is 18.9 Å². The third-order valence-corrected chi connectivity index (χ3v) is 6.34. The highest BCUT2D eigenvalue weighted by Gasteiger charge is 2.25. The molecule has 1 aromatic carbocycles. The summed E-state index contributed by atoms with van der Waals surface area (Å²) in [7, 11) is 2.08. The molecule has 0 spiro atoms. The second kappa shape index (κ2) is 10.1. The third kappa shape index (κ3) is 5.26. The van der Waals surface area contributed by atoms with Crippen molar-refractivity contribution >= 4 is 12.0 Å². The van der Waals surface area contributed by atoms with Crippen LogP contribution in [0.1, 0.15) is 28.8 Å². The van der Waals surface area contributed by atoms with Gasteiger partial charge in [-0.2, -0.15) is 0 Å². The van der Waals surface area contributed by atoms with Gasteiger partial charge >= 0.3 is 6.09 Å². The van der Waals surface area contributed by atoms with Gasteiger partial charge in [-0.15, -0.1) is 0 Å². The number of aromatic nitrogens is 1. The van der Waals surface area contributed by atoms with Crippen molar-refractivity contribution in [2.24, 2.45) is 0 Å². The molecule has 0 aliphatic carbocycles. The number of nitrogens with zero attached hydrogens (tertiary/aromatic N) is 4. The highest BCUT2D eigenvalue weighted by atomic mass is 16.5. The van der Waals surface area contributed by atoms with Crippen LogP contribution in [-0.4, -0.2) is 89.3 Å². The smallest absolute Gasteiger partial charge is 0.407 e. The number of hydrogen-bond acceptors (Lipinski definition) is 5. The highest BCUT2D eigenvalue weighted by molar-refractivity contribution is 5.94. The van der Waals surface area contributed by atoms with Crippen LogP contribution in [0.3, 0.4) is 0 Å². The molecule has 0 unspecified atom stereocenters. The molecule has 32 heavy (non-hydrogen) atoms. The Morgan fingerprint density at radius 2 is 1.72 bits per heavy atom. The molecule has 2 amide bonds. The molecule has 1 N–H and O–H groups in total. The van der Waals surface area contributed by atoms with Gasteiger partial charge in [0.25, 0.3) is 5.91 Å². The molecule has 1 aromatic heterocycles. The fraction of sp³-hybridized carbons (Fsp3) is 0.458. The van der Waals surface area contributed by atoms with Gasteiger partial charge in [0.1, 0.15) is 0 Å². The van der Waals surface area contributed by atoms with E-state index in [0.29, 0.717) is 51.0 Å². The van der Waals surface area contributed by atoms with E-state index < -0.39 is 6.09 Å². The predicted molar refractivity (Wildman–Crippen MR) is 120 cm³/mol. The number of piperidine rings is 1. The van der Waals surface area contributed by atoms with Crippen LogP contribution in [0.25, 0.3) is 11.3 Å². The summed E-state index contributed by atoms with van der Waals surface area (Å²) in [5, 5.41) is 9.10. The number of ether oxygens (including phenoxy) is 1. The van der Waals surface area contributed by atoms with Crippen LogP contribution in [0.4, 0.5) is 4.79 Å². The number of carboxylic acid groups (broad SMARTS) is 1. The molecule has 3 heterocycles. The maximum atomic E-state index is 12.6. The first kappa shape index (κ1) is 22.2. The van der Waals surface area contributed by atoms with Gasteiger partial charge in [0, 0.05) is 56.1 Å². The van der Waals surface area contributed by atoms with Gasteiger partial charge in [0.15, 0.2) is 0 Å².